The highest BCUT2D eigenvalue weighted by Gasteiger charge is 2.23. The minimum absolute atomic E-state index is 0.0446. The van der Waals surface area contributed by atoms with Crippen LogP contribution in [0.5, 0.6) is 5.75 Å². The molecule has 0 aromatic heterocycles. The fraction of sp³-hybridized carbons (Fsp3) is 0. The lowest BCUT2D eigenvalue weighted by atomic mass is 10.1. The third-order valence-corrected chi connectivity index (χ3v) is 8.07. The lowest BCUT2D eigenvalue weighted by molar-refractivity contribution is -0.105. The van der Waals surface area contributed by atoms with Gasteiger partial charge in [0, 0.05) is 11.1 Å². The molecule has 0 heterocycles. The molecule has 0 spiro atoms. The summed E-state index contributed by atoms with van der Waals surface area (Å²) >= 11 is 0. The number of aromatic hydroxyl groups is 1. The fourth-order valence-electron chi connectivity index (χ4n) is 3.56. The molecule has 0 aliphatic carbocycles. The molecule has 0 saturated carbocycles. The Hall–Kier alpha value is -4.66. The van der Waals surface area contributed by atoms with Crippen molar-refractivity contribution < 1.29 is 48.8 Å². The van der Waals surface area contributed by atoms with Crippen molar-refractivity contribution in [3.8, 4) is 5.75 Å². The first-order valence-corrected chi connectivity index (χ1v) is 15.4. The van der Waals surface area contributed by atoms with E-state index < -0.39 is 57.3 Å². The Morgan fingerprint density at radius 2 is 1.26 bits per heavy atom. The second-order valence-corrected chi connectivity index (χ2v) is 12.4. The standard InChI is InChI=1S/C23H17N5O11S3/c29-12-24-15-3-7-18-13(9-15)10-21(42(37,38)39)22(23(18)30)28-27-19-8-4-16(11-20(19)41(34,35)36)26-25-14-1-5-17(6-2-14)40(31,32)33/h1-12,30H,(H,24,29)(H,31,32,33)(H,34,35,36)(H,37,38,39). The summed E-state index contributed by atoms with van der Waals surface area (Å²) in [7, 11) is -14.4. The summed E-state index contributed by atoms with van der Waals surface area (Å²) in [5.74, 6) is -0.750. The molecular weight excluding hydrogens is 618 g/mol. The van der Waals surface area contributed by atoms with Crippen LogP contribution in [0.4, 0.5) is 28.4 Å². The average Bonchev–Trinajstić information content (AvgIpc) is 2.90. The molecule has 0 fully saturated rings. The number of phenols is 1. The molecule has 0 aliphatic heterocycles. The number of hydrogen-bond donors (Lipinski definition) is 5. The maximum atomic E-state index is 12.1. The zero-order chi connectivity index (χ0) is 30.9. The summed E-state index contributed by atoms with van der Waals surface area (Å²) < 4.78 is 99.1. The number of carbonyl (C=O) groups excluding carboxylic acids is 1. The number of phenolic OH excluding ortho intramolecular Hbond substituents is 1. The average molecular weight is 636 g/mol. The van der Waals surface area contributed by atoms with Crippen LogP contribution in [0.2, 0.25) is 0 Å². The normalized spacial score (nSPS) is 12.7. The van der Waals surface area contributed by atoms with Crippen LogP contribution in [-0.2, 0) is 35.1 Å². The van der Waals surface area contributed by atoms with Crippen molar-refractivity contribution in [2.24, 2.45) is 20.5 Å². The highest BCUT2D eigenvalue weighted by molar-refractivity contribution is 7.86. The first kappa shape index (κ1) is 30.3. The summed E-state index contributed by atoms with van der Waals surface area (Å²) in [5, 5.41) is 28.1. The zero-order valence-corrected chi connectivity index (χ0v) is 23.0. The van der Waals surface area contributed by atoms with Crippen molar-refractivity contribution in [1.29, 1.82) is 0 Å². The molecule has 16 nitrogen and oxygen atoms in total. The molecule has 4 aromatic rings. The maximum absolute atomic E-state index is 12.1. The van der Waals surface area contributed by atoms with E-state index in [-0.39, 0.29) is 32.7 Å². The zero-order valence-electron chi connectivity index (χ0n) is 20.6. The van der Waals surface area contributed by atoms with E-state index in [0.717, 1.165) is 30.3 Å². The van der Waals surface area contributed by atoms with E-state index in [2.05, 4.69) is 25.8 Å². The number of nitrogens with zero attached hydrogens (tertiary/aromatic N) is 4. The Kier molecular flexibility index (Phi) is 8.16. The Bertz CT molecular complexity index is 2110. The number of benzene rings is 4. The lowest BCUT2D eigenvalue weighted by Crippen LogP contribution is -2.00. The van der Waals surface area contributed by atoms with E-state index >= 15 is 0 Å². The number of rotatable bonds is 9. The number of amides is 1. The largest absolute Gasteiger partial charge is 0.505 e. The van der Waals surface area contributed by atoms with E-state index in [1.54, 1.807) is 0 Å². The van der Waals surface area contributed by atoms with E-state index in [4.69, 9.17) is 4.55 Å². The Morgan fingerprint density at radius 1 is 0.643 bits per heavy atom. The summed E-state index contributed by atoms with van der Waals surface area (Å²) in [6.45, 7) is 0. The summed E-state index contributed by atoms with van der Waals surface area (Å²) in [6.07, 6.45) is 0.372. The summed E-state index contributed by atoms with van der Waals surface area (Å²) in [6, 6.07) is 12.6. The Morgan fingerprint density at radius 3 is 1.86 bits per heavy atom. The van der Waals surface area contributed by atoms with E-state index in [1.807, 2.05) is 0 Å². The van der Waals surface area contributed by atoms with Crippen LogP contribution in [0.1, 0.15) is 0 Å². The monoisotopic (exact) mass is 635 g/mol. The molecule has 4 aromatic carbocycles. The molecule has 0 radical (unpaired) electrons. The minimum atomic E-state index is -5.01. The van der Waals surface area contributed by atoms with E-state index in [9.17, 15) is 44.3 Å². The SMILES string of the molecule is O=CNc1ccc2c(O)c(N=Nc3ccc(N=Nc4ccc(S(=O)(=O)O)cc4)cc3S(=O)(=O)O)c(S(=O)(=O)O)cc2c1. The van der Waals surface area contributed by atoms with Crippen molar-refractivity contribution in [1.82, 2.24) is 0 Å². The molecule has 42 heavy (non-hydrogen) atoms. The van der Waals surface area contributed by atoms with Gasteiger partial charge in [0.25, 0.3) is 30.4 Å². The van der Waals surface area contributed by atoms with Crippen molar-refractivity contribution in [3.63, 3.8) is 0 Å². The quantitative estimate of drug-likeness (QED) is 0.0957. The van der Waals surface area contributed by atoms with Gasteiger partial charge in [0.2, 0.25) is 6.41 Å². The van der Waals surface area contributed by atoms with Gasteiger partial charge in [0.1, 0.15) is 21.2 Å². The van der Waals surface area contributed by atoms with Gasteiger partial charge in [-0.25, -0.2) is 0 Å². The molecule has 1 amide bonds. The predicted octanol–water partition coefficient (Wildman–Crippen LogP) is 4.68. The maximum Gasteiger partial charge on any atom is 0.296 e. The number of anilines is 1. The number of azo groups is 2. The van der Waals surface area contributed by atoms with Gasteiger partial charge in [-0.05, 0) is 72.1 Å². The number of nitrogens with one attached hydrogen (secondary N) is 1. The van der Waals surface area contributed by atoms with Crippen LogP contribution in [-0.4, -0.2) is 50.4 Å². The predicted molar refractivity (Wildman–Crippen MR) is 146 cm³/mol. The number of fused-ring (bicyclic) bond motifs is 1. The molecule has 0 saturated heterocycles. The van der Waals surface area contributed by atoms with Gasteiger partial charge in [-0.2, -0.15) is 35.5 Å². The summed E-state index contributed by atoms with van der Waals surface area (Å²) in [5.41, 5.74) is -1.01. The molecule has 0 atom stereocenters. The summed E-state index contributed by atoms with van der Waals surface area (Å²) in [4.78, 5) is 8.61. The van der Waals surface area contributed by atoms with Crippen LogP contribution in [0.3, 0.4) is 0 Å². The first-order valence-electron chi connectivity index (χ1n) is 11.1. The molecule has 4 rings (SSSR count). The fourth-order valence-corrected chi connectivity index (χ4v) is 5.34. The Balaban J connectivity index is 1.76. The van der Waals surface area contributed by atoms with Crippen molar-refractivity contribution in [2.45, 2.75) is 14.7 Å². The van der Waals surface area contributed by atoms with Gasteiger partial charge in [0.15, 0.2) is 5.75 Å². The van der Waals surface area contributed by atoms with Crippen LogP contribution < -0.4 is 5.32 Å². The highest BCUT2D eigenvalue weighted by atomic mass is 32.2. The smallest absolute Gasteiger partial charge is 0.296 e. The second kappa shape index (κ2) is 11.3. The second-order valence-electron chi connectivity index (χ2n) is 8.24. The topological polar surface area (TPSA) is 262 Å². The van der Waals surface area contributed by atoms with Crippen molar-refractivity contribution in [3.05, 3.63) is 66.7 Å². The third kappa shape index (κ3) is 6.79. The van der Waals surface area contributed by atoms with Gasteiger partial charge in [-0.15, -0.1) is 10.2 Å². The number of carbonyl (C=O) groups is 1. The van der Waals surface area contributed by atoms with Gasteiger partial charge in [0.05, 0.1) is 16.3 Å². The first-order chi connectivity index (χ1) is 19.6. The van der Waals surface area contributed by atoms with Crippen LogP contribution in [0, 0.1) is 0 Å². The molecule has 218 valence electrons. The highest BCUT2D eigenvalue weighted by Crippen LogP contribution is 2.42. The molecule has 0 aliphatic rings. The van der Waals surface area contributed by atoms with Gasteiger partial charge in [-0.3, -0.25) is 18.5 Å². The molecule has 5 N–H and O–H groups in total. The van der Waals surface area contributed by atoms with Crippen LogP contribution in [0.15, 0.2) is 102 Å². The van der Waals surface area contributed by atoms with E-state index in [1.165, 1.54) is 36.4 Å². The molecular formula is C23H17N5O11S3. The van der Waals surface area contributed by atoms with Gasteiger partial charge in [-0.1, -0.05) is 0 Å². The Labute approximate surface area is 237 Å². The lowest BCUT2D eigenvalue weighted by Gasteiger charge is -2.10. The van der Waals surface area contributed by atoms with Gasteiger partial charge >= 0.3 is 0 Å². The molecule has 0 bridgehead atoms. The van der Waals surface area contributed by atoms with Gasteiger partial charge < -0.3 is 10.4 Å². The number of hydrogen-bond acceptors (Lipinski definition) is 12. The third-order valence-electron chi connectivity index (χ3n) is 5.45. The molecule has 0 unspecified atom stereocenters. The van der Waals surface area contributed by atoms with E-state index in [0.29, 0.717) is 6.41 Å². The molecule has 19 heteroatoms. The minimum Gasteiger partial charge on any atom is -0.505 e. The van der Waals surface area contributed by atoms with Crippen molar-refractivity contribution >= 4 is 76.0 Å². The van der Waals surface area contributed by atoms with Crippen LogP contribution >= 0.6 is 0 Å². The van der Waals surface area contributed by atoms with Crippen molar-refractivity contribution in [2.75, 3.05) is 5.32 Å². The van der Waals surface area contributed by atoms with Crippen LogP contribution in [0.25, 0.3) is 10.8 Å².